The first-order valence-electron chi connectivity index (χ1n) is 5.33. The van der Waals surface area contributed by atoms with Crippen molar-refractivity contribution in [3.63, 3.8) is 0 Å². The molecular weight excluding hydrogens is 307 g/mol. The van der Waals surface area contributed by atoms with Crippen molar-refractivity contribution in [2.24, 2.45) is 0 Å². The van der Waals surface area contributed by atoms with Gasteiger partial charge >= 0.3 is 5.97 Å². The van der Waals surface area contributed by atoms with Crippen LogP contribution in [0.4, 0.5) is 0 Å². The average Bonchev–Trinajstić information content (AvgIpc) is 2.79. The largest absolute Gasteiger partial charge is 0.481 e. The van der Waals surface area contributed by atoms with Crippen LogP contribution in [0.3, 0.4) is 0 Å². The molecule has 0 radical (unpaired) electrons. The third kappa shape index (κ3) is 3.23. The molecule has 0 aliphatic heterocycles. The number of aryl methyl sites for hydroxylation is 1. The number of halogens is 2. The van der Waals surface area contributed by atoms with Gasteiger partial charge in [-0.25, -0.2) is 4.98 Å². The van der Waals surface area contributed by atoms with Gasteiger partial charge in [-0.15, -0.1) is 0 Å². The van der Waals surface area contributed by atoms with E-state index in [0.29, 0.717) is 20.9 Å². The number of carboxylic acids is 1. The zero-order valence-electron chi connectivity index (χ0n) is 9.93. The molecule has 0 unspecified atom stereocenters. The Morgan fingerprint density at radius 2 is 2.16 bits per heavy atom. The second kappa shape index (κ2) is 5.86. The van der Waals surface area contributed by atoms with Crippen LogP contribution in [-0.4, -0.2) is 26.4 Å². The Labute approximate surface area is 124 Å². The van der Waals surface area contributed by atoms with Gasteiger partial charge in [0.1, 0.15) is 0 Å². The van der Waals surface area contributed by atoms with Crippen molar-refractivity contribution in [1.29, 1.82) is 0 Å². The summed E-state index contributed by atoms with van der Waals surface area (Å²) < 4.78 is 1.72. The number of benzene rings is 1. The number of thioether (sulfide) groups is 1. The van der Waals surface area contributed by atoms with E-state index in [-0.39, 0.29) is 5.75 Å². The van der Waals surface area contributed by atoms with Gasteiger partial charge in [0.15, 0.2) is 5.16 Å². The predicted octanol–water partition coefficient (Wildman–Crippen LogP) is 3.66. The lowest BCUT2D eigenvalue weighted by Crippen LogP contribution is -2.02. The van der Waals surface area contributed by atoms with E-state index in [1.54, 1.807) is 29.1 Å². The lowest BCUT2D eigenvalue weighted by Gasteiger charge is -2.10. The van der Waals surface area contributed by atoms with E-state index in [4.69, 9.17) is 28.3 Å². The van der Waals surface area contributed by atoms with E-state index in [2.05, 4.69) is 4.98 Å². The molecule has 19 heavy (non-hydrogen) atoms. The molecule has 0 saturated carbocycles. The molecule has 1 aromatic carbocycles. The van der Waals surface area contributed by atoms with Gasteiger partial charge in [-0.2, -0.15) is 0 Å². The van der Waals surface area contributed by atoms with Crippen LogP contribution in [0.5, 0.6) is 0 Å². The fourth-order valence-electron chi connectivity index (χ4n) is 1.53. The van der Waals surface area contributed by atoms with E-state index in [0.717, 1.165) is 17.3 Å². The molecule has 2 rings (SSSR count). The lowest BCUT2D eigenvalue weighted by atomic mass is 10.2. The van der Waals surface area contributed by atoms with Crippen LogP contribution in [0, 0.1) is 6.92 Å². The van der Waals surface area contributed by atoms with Crippen LogP contribution in [-0.2, 0) is 4.79 Å². The molecule has 4 nitrogen and oxygen atoms in total. The third-order valence-corrected chi connectivity index (χ3v) is 4.08. The minimum absolute atomic E-state index is 0.0613. The molecule has 0 bridgehead atoms. The quantitative estimate of drug-likeness (QED) is 0.874. The number of hydrogen-bond acceptors (Lipinski definition) is 3. The monoisotopic (exact) mass is 316 g/mol. The smallest absolute Gasteiger partial charge is 0.313 e. The van der Waals surface area contributed by atoms with E-state index < -0.39 is 5.97 Å². The maximum absolute atomic E-state index is 10.6. The van der Waals surface area contributed by atoms with E-state index >= 15 is 0 Å². The molecule has 0 amide bonds. The molecule has 0 spiro atoms. The highest BCUT2D eigenvalue weighted by atomic mass is 35.5. The summed E-state index contributed by atoms with van der Waals surface area (Å²) in [6, 6.07) is 3.51. The zero-order valence-corrected chi connectivity index (χ0v) is 12.3. The molecule has 100 valence electrons. The Morgan fingerprint density at radius 3 is 2.84 bits per heavy atom. The second-order valence-electron chi connectivity index (χ2n) is 3.82. The first-order valence-corrected chi connectivity index (χ1v) is 7.07. The molecule has 7 heteroatoms. The number of rotatable bonds is 4. The number of imidazole rings is 1. The van der Waals surface area contributed by atoms with E-state index in [9.17, 15) is 4.79 Å². The average molecular weight is 317 g/mol. The highest BCUT2D eigenvalue weighted by molar-refractivity contribution is 7.99. The fraction of sp³-hybridized carbons (Fsp3) is 0.167. The molecule has 1 N–H and O–H groups in total. The van der Waals surface area contributed by atoms with Crippen LogP contribution < -0.4 is 0 Å². The predicted molar refractivity (Wildman–Crippen MR) is 76.7 cm³/mol. The number of hydrogen-bond donors (Lipinski definition) is 1. The van der Waals surface area contributed by atoms with Crippen LogP contribution in [0.25, 0.3) is 5.69 Å². The summed E-state index contributed by atoms with van der Waals surface area (Å²) in [5.41, 5.74) is 1.57. The van der Waals surface area contributed by atoms with Crippen LogP contribution >= 0.6 is 35.0 Å². The van der Waals surface area contributed by atoms with Gasteiger partial charge in [0.25, 0.3) is 0 Å². The molecule has 0 atom stereocenters. The third-order valence-electron chi connectivity index (χ3n) is 2.42. The standard InChI is InChI=1S/C12H10Cl2N2O2S/c1-7-4-9(14)10(5-8(7)13)16-3-2-15-12(16)19-6-11(17)18/h2-5H,6H2,1H3,(H,17,18). The summed E-state index contributed by atoms with van der Waals surface area (Å²) in [5.74, 6) is -0.957. The Hall–Kier alpha value is -1.17. The summed E-state index contributed by atoms with van der Waals surface area (Å²) >= 11 is 13.4. The normalized spacial score (nSPS) is 10.7. The second-order valence-corrected chi connectivity index (χ2v) is 5.57. The summed E-state index contributed by atoms with van der Waals surface area (Å²) in [5, 5.41) is 10.4. The van der Waals surface area contributed by atoms with Gasteiger partial charge in [-0.05, 0) is 24.6 Å². The molecular formula is C12H10Cl2N2O2S. The highest BCUT2D eigenvalue weighted by Gasteiger charge is 2.12. The number of carbonyl (C=O) groups is 1. The summed E-state index contributed by atoms with van der Waals surface area (Å²) in [6.45, 7) is 1.87. The molecule has 1 aromatic heterocycles. The number of nitrogens with zero attached hydrogens (tertiary/aromatic N) is 2. The Morgan fingerprint density at radius 1 is 1.42 bits per heavy atom. The van der Waals surface area contributed by atoms with Crippen molar-refractivity contribution in [3.8, 4) is 5.69 Å². The van der Waals surface area contributed by atoms with Gasteiger partial charge < -0.3 is 5.11 Å². The van der Waals surface area contributed by atoms with Crippen molar-refractivity contribution < 1.29 is 9.90 Å². The minimum Gasteiger partial charge on any atom is -0.481 e. The Kier molecular flexibility index (Phi) is 4.39. The van der Waals surface area contributed by atoms with Crippen molar-refractivity contribution in [2.45, 2.75) is 12.1 Å². The first kappa shape index (κ1) is 14.2. The molecule has 0 saturated heterocycles. The zero-order chi connectivity index (χ0) is 14.0. The van der Waals surface area contributed by atoms with Gasteiger partial charge in [0.2, 0.25) is 0 Å². The highest BCUT2D eigenvalue weighted by Crippen LogP contribution is 2.30. The molecule has 2 aromatic rings. The van der Waals surface area contributed by atoms with E-state index in [1.165, 1.54) is 0 Å². The van der Waals surface area contributed by atoms with E-state index in [1.807, 2.05) is 6.92 Å². The van der Waals surface area contributed by atoms with Crippen molar-refractivity contribution in [2.75, 3.05) is 5.75 Å². The topological polar surface area (TPSA) is 55.1 Å². The molecule has 0 aliphatic carbocycles. The molecule has 0 fully saturated rings. The fourth-order valence-corrected chi connectivity index (χ4v) is 2.68. The Bertz CT molecular complexity index is 628. The van der Waals surface area contributed by atoms with Gasteiger partial charge in [-0.1, -0.05) is 35.0 Å². The van der Waals surface area contributed by atoms with Gasteiger partial charge in [0, 0.05) is 17.4 Å². The van der Waals surface area contributed by atoms with Crippen LogP contribution in [0.1, 0.15) is 5.56 Å². The number of carboxylic acid groups (broad SMARTS) is 1. The first-order chi connectivity index (χ1) is 8.99. The number of aliphatic carboxylic acids is 1. The van der Waals surface area contributed by atoms with Gasteiger partial charge in [-0.3, -0.25) is 9.36 Å². The summed E-state index contributed by atoms with van der Waals surface area (Å²) in [7, 11) is 0. The van der Waals surface area contributed by atoms with Crippen molar-refractivity contribution in [3.05, 3.63) is 40.1 Å². The number of aromatic nitrogens is 2. The SMILES string of the molecule is Cc1cc(Cl)c(-n2ccnc2SCC(=O)O)cc1Cl. The van der Waals surface area contributed by atoms with Gasteiger partial charge in [0.05, 0.1) is 16.5 Å². The van der Waals surface area contributed by atoms with Crippen LogP contribution in [0.15, 0.2) is 29.7 Å². The molecule has 0 aliphatic rings. The Balaban J connectivity index is 2.40. The summed E-state index contributed by atoms with van der Waals surface area (Å²) in [4.78, 5) is 14.7. The maximum Gasteiger partial charge on any atom is 0.313 e. The van der Waals surface area contributed by atoms with Crippen LogP contribution in [0.2, 0.25) is 10.0 Å². The van der Waals surface area contributed by atoms with Crippen molar-refractivity contribution >= 4 is 40.9 Å². The lowest BCUT2D eigenvalue weighted by molar-refractivity contribution is -0.133. The molecule has 1 heterocycles. The minimum atomic E-state index is -0.896. The maximum atomic E-state index is 10.6. The summed E-state index contributed by atoms with van der Waals surface area (Å²) in [6.07, 6.45) is 3.31. The van der Waals surface area contributed by atoms with Crippen molar-refractivity contribution in [1.82, 2.24) is 9.55 Å².